The molecule has 1 N–H and O–H groups in total. The van der Waals surface area contributed by atoms with Gasteiger partial charge in [-0.05, 0) is 38.6 Å². The standard InChI is InChI=1S/C15H28N4/c1-12(2)10-16-11-14-13(3)17-18(4)15(14)19-8-6-5-7-9-19/h12,16H,5-11H2,1-4H3. The molecule has 0 radical (unpaired) electrons. The molecule has 1 aliphatic heterocycles. The molecule has 1 saturated heterocycles. The maximum absolute atomic E-state index is 4.62. The van der Waals surface area contributed by atoms with Crippen molar-refractivity contribution in [3.63, 3.8) is 0 Å². The molecule has 1 aromatic rings. The average molecular weight is 264 g/mol. The highest BCUT2D eigenvalue weighted by Crippen LogP contribution is 2.26. The summed E-state index contributed by atoms with van der Waals surface area (Å²) in [5.74, 6) is 2.02. The molecule has 4 nitrogen and oxygen atoms in total. The Morgan fingerprint density at radius 3 is 2.53 bits per heavy atom. The van der Waals surface area contributed by atoms with E-state index in [0.29, 0.717) is 5.92 Å². The topological polar surface area (TPSA) is 33.1 Å². The van der Waals surface area contributed by atoms with Gasteiger partial charge in [0, 0.05) is 32.2 Å². The molecular weight excluding hydrogens is 236 g/mol. The van der Waals surface area contributed by atoms with E-state index < -0.39 is 0 Å². The van der Waals surface area contributed by atoms with Gasteiger partial charge < -0.3 is 10.2 Å². The van der Waals surface area contributed by atoms with Crippen LogP contribution in [0.4, 0.5) is 5.82 Å². The van der Waals surface area contributed by atoms with Gasteiger partial charge >= 0.3 is 0 Å². The van der Waals surface area contributed by atoms with E-state index in [1.54, 1.807) is 0 Å². The van der Waals surface area contributed by atoms with Crippen molar-refractivity contribution in [2.45, 2.75) is 46.6 Å². The number of rotatable bonds is 5. The maximum Gasteiger partial charge on any atom is 0.131 e. The van der Waals surface area contributed by atoms with Crippen LogP contribution >= 0.6 is 0 Å². The van der Waals surface area contributed by atoms with Crippen molar-refractivity contribution in [3.8, 4) is 0 Å². The summed E-state index contributed by atoms with van der Waals surface area (Å²) in [5, 5.41) is 8.17. The zero-order valence-electron chi connectivity index (χ0n) is 12.9. The van der Waals surface area contributed by atoms with Crippen LogP contribution in [-0.2, 0) is 13.6 Å². The summed E-state index contributed by atoms with van der Waals surface area (Å²) in [6.45, 7) is 11.0. The van der Waals surface area contributed by atoms with Crippen molar-refractivity contribution in [1.29, 1.82) is 0 Å². The molecule has 0 unspecified atom stereocenters. The van der Waals surface area contributed by atoms with Crippen LogP contribution in [0.5, 0.6) is 0 Å². The van der Waals surface area contributed by atoms with E-state index in [1.807, 2.05) is 0 Å². The predicted molar refractivity (Wildman–Crippen MR) is 80.6 cm³/mol. The highest BCUT2D eigenvalue weighted by molar-refractivity contribution is 5.50. The van der Waals surface area contributed by atoms with Crippen molar-refractivity contribution in [2.24, 2.45) is 13.0 Å². The minimum absolute atomic E-state index is 0.690. The van der Waals surface area contributed by atoms with Crippen molar-refractivity contribution >= 4 is 5.82 Å². The number of nitrogens with one attached hydrogen (secondary N) is 1. The summed E-state index contributed by atoms with van der Waals surface area (Å²) in [6.07, 6.45) is 3.99. The monoisotopic (exact) mass is 264 g/mol. The molecule has 0 spiro atoms. The smallest absolute Gasteiger partial charge is 0.131 e. The van der Waals surface area contributed by atoms with E-state index in [9.17, 15) is 0 Å². The van der Waals surface area contributed by atoms with Crippen molar-refractivity contribution in [2.75, 3.05) is 24.5 Å². The molecule has 0 aromatic carbocycles. The summed E-state index contributed by atoms with van der Waals surface area (Å²) in [7, 11) is 2.07. The fourth-order valence-electron chi connectivity index (χ4n) is 2.88. The van der Waals surface area contributed by atoms with Crippen LogP contribution in [0, 0.1) is 12.8 Å². The first-order valence-electron chi connectivity index (χ1n) is 7.57. The number of aryl methyl sites for hydroxylation is 2. The summed E-state index contributed by atoms with van der Waals surface area (Å²) in [5.41, 5.74) is 2.55. The number of piperidine rings is 1. The molecule has 0 saturated carbocycles. The SMILES string of the molecule is Cc1nn(C)c(N2CCCCC2)c1CNCC(C)C. The molecule has 0 atom stereocenters. The van der Waals surface area contributed by atoms with Gasteiger partial charge in [0.15, 0.2) is 0 Å². The van der Waals surface area contributed by atoms with E-state index in [0.717, 1.165) is 13.1 Å². The summed E-state index contributed by atoms with van der Waals surface area (Å²) in [4.78, 5) is 2.51. The number of hydrogen-bond donors (Lipinski definition) is 1. The Balaban J connectivity index is 2.11. The highest BCUT2D eigenvalue weighted by Gasteiger charge is 2.20. The second-order valence-corrected chi connectivity index (χ2v) is 6.08. The molecule has 108 valence electrons. The van der Waals surface area contributed by atoms with E-state index in [1.165, 1.54) is 49.4 Å². The molecule has 2 rings (SSSR count). The van der Waals surface area contributed by atoms with Gasteiger partial charge in [-0.25, -0.2) is 0 Å². The Morgan fingerprint density at radius 1 is 1.21 bits per heavy atom. The lowest BCUT2D eigenvalue weighted by molar-refractivity contribution is 0.543. The normalized spacial score (nSPS) is 16.4. The summed E-state index contributed by atoms with van der Waals surface area (Å²) in [6, 6.07) is 0. The van der Waals surface area contributed by atoms with Crippen LogP contribution in [0.2, 0.25) is 0 Å². The second kappa shape index (κ2) is 6.42. The van der Waals surface area contributed by atoms with Crippen LogP contribution in [0.3, 0.4) is 0 Å². The fourth-order valence-corrected chi connectivity index (χ4v) is 2.88. The molecule has 19 heavy (non-hydrogen) atoms. The van der Waals surface area contributed by atoms with Gasteiger partial charge in [-0.2, -0.15) is 5.10 Å². The highest BCUT2D eigenvalue weighted by atomic mass is 15.4. The van der Waals surface area contributed by atoms with Crippen LogP contribution in [0.1, 0.15) is 44.4 Å². The third-order valence-electron chi connectivity index (χ3n) is 3.82. The largest absolute Gasteiger partial charge is 0.357 e. The lowest BCUT2D eigenvalue weighted by Gasteiger charge is -2.29. The van der Waals surface area contributed by atoms with Gasteiger partial charge in [-0.15, -0.1) is 0 Å². The molecule has 1 fully saturated rings. The Bertz CT molecular complexity index is 403. The van der Waals surface area contributed by atoms with Gasteiger partial charge in [0.2, 0.25) is 0 Å². The van der Waals surface area contributed by atoms with Crippen molar-refractivity contribution in [3.05, 3.63) is 11.3 Å². The van der Waals surface area contributed by atoms with Crippen molar-refractivity contribution < 1.29 is 0 Å². The first-order valence-corrected chi connectivity index (χ1v) is 7.57. The number of hydrogen-bond acceptors (Lipinski definition) is 3. The Labute approximate surface area is 117 Å². The number of aromatic nitrogens is 2. The Kier molecular flexibility index (Phi) is 4.86. The third kappa shape index (κ3) is 3.50. The van der Waals surface area contributed by atoms with Gasteiger partial charge in [0.05, 0.1) is 5.69 Å². The minimum Gasteiger partial charge on any atom is -0.357 e. The van der Waals surface area contributed by atoms with Crippen LogP contribution < -0.4 is 10.2 Å². The Hall–Kier alpha value is -1.03. The van der Waals surface area contributed by atoms with E-state index in [2.05, 4.69) is 47.8 Å². The molecule has 0 amide bonds. The first kappa shape index (κ1) is 14.4. The maximum atomic E-state index is 4.62. The minimum atomic E-state index is 0.690. The molecule has 0 aliphatic carbocycles. The quantitative estimate of drug-likeness (QED) is 0.887. The van der Waals surface area contributed by atoms with E-state index in [4.69, 9.17) is 0 Å². The first-order chi connectivity index (χ1) is 9.09. The van der Waals surface area contributed by atoms with Gasteiger partial charge in [-0.3, -0.25) is 4.68 Å². The van der Waals surface area contributed by atoms with Crippen LogP contribution in [0.15, 0.2) is 0 Å². The zero-order valence-corrected chi connectivity index (χ0v) is 12.9. The predicted octanol–water partition coefficient (Wildman–Crippen LogP) is 2.46. The van der Waals surface area contributed by atoms with Gasteiger partial charge in [-0.1, -0.05) is 13.8 Å². The van der Waals surface area contributed by atoms with E-state index >= 15 is 0 Å². The summed E-state index contributed by atoms with van der Waals surface area (Å²) >= 11 is 0. The molecule has 1 aliphatic rings. The molecule has 0 bridgehead atoms. The second-order valence-electron chi connectivity index (χ2n) is 6.08. The third-order valence-corrected chi connectivity index (χ3v) is 3.82. The number of nitrogens with zero attached hydrogens (tertiary/aromatic N) is 3. The lowest BCUT2D eigenvalue weighted by atomic mass is 10.1. The molecule has 4 heteroatoms. The zero-order chi connectivity index (χ0) is 13.8. The fraction of sp³-hybridized carbons (Fsp3) is 0.800. The average Bonchev–Trinajstić information content (AvgIpc) is 2.65. The van der Waals surface area contributed by atoms with E-state index in [-0.39, 0.29) is 0 Å². The summed E-state index contributed by atoms with van der Waals surface area (Å²) < 4.78 is 2.06. The Morgan fingerprint density at radius 2 is 1.89 bits per heavy atom. The molecular formula is C15H28N4. The van der Waals surface area contributed by atoms with Gasteiger partial charge in [0.25, 0.3) is 0 Å². The number of anilines is 1. The lowest BCUT2D eigenvalue weighted by Crippen LogP contribution is -2.32. The van der Waals surface area contributed by atoms with Crippen LogP contribution in [-0.4, -0.2) is 29.4 Å². The molecule has 2 heterocycles. The molecule has 1 aromatic heterocycles. The van der Waals surface area contributed by atoms with Crippen molar-refractivity contribution in [1.82, 2.24) is 15.1 Å². The van der Waals surface area contributed by atoms with Crippen LogP contribution in [0.25, 0.3) is 0 Å². The van der Waals surface area contributed by atoms with Gasteiger partial charge in [0.1, 0.15) is 5.82 Å².